The molecule has 0 amide bonds. The molecule has 2 rings (SSSR count). The monoisotopic (exact) mass is 256 g/mol. The third-order valence-corrected chi connectivity index (χ3v) is 2.61. The van der Waals surface area contributed by atoms with Gasteiger partial charge in [-0.25, -0.2) is 0 Å². The molecular weight excluding hydrogens is 232 g/mol. The Morgan fingerprint density at radius 1 is 0.684 bits per heavy atom. The average molecular weight is 256 g/mol. The summed E-state index contributed by atoms with van der Waals surface area (Å²) in [7, 11) is 8.23. The Morgan fingerprint density at radius 3 is 1.53 bits per heavy atom. The molecule has 0 radical (unpaired) electrons. The second kappa shape index (κ2) is 8.33. The van der Waals surface area contributed by atoms with Crippen LogP contribution in [0.15, 0.2) is 60.7 Å². The largest absolute Gasteiger partial charge is 0.378 e. The van der Waals surface area contributed by atoms with Crippen molar-refractivity contribution in [2.45, 2.75) is 6.54 Å². The van der Waals surface area contributed by atoms with Gasteiger partial charge in [0, 0.05) is 26.3 Å². The van der Waals surface area contributed by atoms with Crippen molar-refractivity contribution >= 4 is 5.69 Å². The van der Waals surface area contributed by atoms with Crippen LogP contribution in [0.4, 0.5) is 5.69 Å². The maximum absolute atomic E-state index is 2.16. The van der Waals surface area contributed by atoms with Crippen LogP contribution in [0.25, 0.3) is 0 Å². The van der Waals surface area contributed by atoms with E-state index in [1.54, 1.807) is 0 Å². The van der Waals surface area contributed by atoms with Gasteiger partial charge in [0.25, 0.3) is 0 Å². The second-order valence-electron chi connectivity index (χ2n) is 4.95. The van der Waals surface area contributed by atoms with Crippen LogP contribution in [0.3, 0.4) is 0 Å². The van der Waals surface area contributed by atoms with E-state index in [-0.39, 0.29) is 0 Å². The second-order valence-corrected chi connectivity index (χ2v) is 4.95. The molecule has 0 atom stereocenters. The normalized spacial score (nSPS) is 9.74. The summed E-state index contributed by atoms with van der Waals surface area (Å²) in [5.74, 6) is 0. The van der Waals surface area contributed by atoms with Crippen LogP contribution in [0.1, 0.15) is 5.56 Å². The lowest BCUT2D eigenvalue weighted by Gasteiger charge is -2.10. The first-order valence-electron chi connectivity index (χ1n) is 6.50. The van der Waals surface area contributed by atoms with Gasteiger partial charge in [-0.2, -0.15) is 0 Å². The Bertz CT molecular complexity index is 435. The summed E-state index contributed by atoms with van der Waals surface area (Å²) in [5, 5.41) is 0. The van der Waals surface area contributed by atoms with Gasteiger partial charge in [0.05, 0.1) is 0 Å². The lowest BCUT2D eigenvalue weighted by Crippen LogP contribution is -2.10. The molecule has 0 aliphatic heterocycles. The molecule has 2 heteroatoms. The van der Waals surface area contributed by atoms with Crippen molar-refractivity contribution < 1.29 is 0 Å². The van der Waals surface area contributed by atoms with Crippen LogP contribution >= 0.6 is 0 Å². The van der Waals surface area contributed by atoms with E-state index >= 15 is 0 Å². The van der Waals surface area contributed by atoms with E-state index in [4.69, 9.17) is 0 Å². The highest BCUT2D eigenvalue weighted by molar-refractivity contribution is 5.43. The van der Waals surface area contributed by atoms with Gasteiger partial charge in [0.15, 0.2) is 0 Å². The minimum Gasteiger partial charge on any atom is -0.378 e. The fourth-order valence-electron chi connectivity index (χ4n) is 1.67. The predicted molar refractivity (Wildman–Crippen MR) is 84.6 cm³/mol. The number of hydrogen-bond donors (Lipinski definition) is 0. The maximum atomic E-state index is 2.16. The Kier molecular flexibility index (Phi) is 6.69. The van der Waals surface area contributed by atoms with Gasteiger partial charge in [0.2, 0.25) is 0 Å². The van der Waals surface area contributed by atoms with Crippen LogP contribution in [0, 0.1) is 0 Å². The van der Waals surface area contributed by atoms with E-state index in [2.05, 4.69) is 60.3 Å². The van der Waals surface area contributed by atoms with Crippen molar-refractivity contribution in [1.29, 1.82) is 0 Å². The van der Waals surface area contributed by atoms with Crippen molar-refractivity contribution in [3.63, 3.8) is 0 Å². The highest BCUT2D eigenvalue weighted by Crippen LogP contribution is 2.07. The minimum absolute atomic E-state index is 1.03. The third kappa shape index (κ3) is 6.63. The van der Waals surface area contributed by atoms with E-state index in [0.717, 1.165) is 6.54 Å². The van der Waals surface area contributed by atoms with E-state index in [1.807, 2.05) is 38.4 Å². The molecule has 0 fully saturated rings. The molecule has 0 unspecified atom stereocenters. The third-order valence-electron chi connectivity index (χ3n) is 2.61. The van der Waals surface area contributed by atoms with Crippen molar-refractivity contribution in [3.8, 4) is 0 Å². The van der Waals surface area contributed by atoms with Crippen LogP contribution in [0.5, 0.6) is 0 Å². The van der Waals surface area contributed by atoms with Gasteiger partial charge in [-0.05, 0) is 31.8 Å². The lowest BCUT2D eigenvalue weighted by atomic mass is 10.2. The number of benzene rings is 2. The van der Waals surface area contributed by atoms with Crippen molar-refractivity contribution in [3.05, 3.63) is 66.2 Å². The highest BCUT2D eigenvalue weighted by atomic mass is 15.1. The Morgan fingerprint density at radius 2 is 1.16 bits per heavy atom. The number of rotatable bonds is 3. The predicted octanol–water partition coefficient (Wildman–Crippen LogP) is 3.50. The van der Waals surface area contributed by atoms with Crippen molar-refractivity contribution in [2.75, 3.05) is 33.1 Å². The fourth-order valence-corrected chi connectivity index (χ4v) is 1.67. The summed E-state index contributed by atoms with van der Waals surface area (Å²) in [6.45, 7) is 1.03. The van der Waals surface area contributed by atoms with E-state index < -0.39 is 0 Å². The van der Waals surface area contributed by atoms with E-state index in [9.17, 15) is 0 Å². The molecule has 102 valence electrons. The van der Waals surface area contributed by atoms with Gasteiger partial charge in [-0.15, -0.1) is 0 Å². The standard InChI is InChI=1S/C9H13N.C8H11N/c1-10(2)8-9-6-4-3-5-7-9;1-9(2)8-6-4-3-5-7-8/h3-7H,8H2,1-2H3;3-7H,1-2H3. The topological polar surface area (TPSA) is 6.48 Å². The molecule has 0 N–H and O–H groups in total. The molecule has 0 saturated carbocycles. The Hall–Kier alpha value is -1.80. The molecule has 19 heavy (non-hydrogen) atoms. The highest BCUT2D eigenvalue weighted by Gasteiger charge is 1.90. The van der Waals surface area contributed by atoms with Crippen LogP contribution in [-0.2, 0) is 6.54 Å². The van der Waals surface area contributed by atoms with Gasteiger partial charge in [0.1, 0.15) is 0 Å². The summed E-state index contributed by atoms with van der Waals surface area (Å²) < 4.78 is 0. The Labute approximate surface area is 117 Å². The molecule has 0 aliphatic rings. The first-order chi connectivity index (χ1) is 9.09. The minimum atomic E-state index is 1.03. The van der Waals surface area contributed by atoms with Crippen LogP contribution < -0.4 is 4.90 Å². The SMILES string of the molecule is CN(C)Cc1ccccc1.CN(C)c1ccccc1. The smallest absolute Gasteiger partial charge is 0.0360 e. The molecule has 2 aromatic rings. The molecule has 0 heterocycles. The number of para-hydroxylation sites is 1. The average Bonchev–Trinajstić information content (AvgIpc) is 2.41. The van der Waals surface area contributed by atoms with Gasteiger partial charge >= 0.3 is 0 Å². The maximum Gasteiger partial charge on any atom is 0.0360 e. The number of nitrogens with zero attached hydrogens (tertiary/aromatic N) is 2. The Balaban J connectivity index is 0.000000191. The quantitative estimate of drug-likeness (QED) is 0.829. The van der Waals surface area contributed by atoms with Crippen molar-refractivity contribution in [2.24, 2.45) is 0 Å². The molecule has 0 aromatic heterocycles. The summed E-state index contributed by atoms with van der Waals surface area (Å²) in [5.41, 5.74) is 2.62. The zero-order valence-electron chi connectivity index (χ0n) is 12.4. The lowest BCUT2D eigenvalue weighted by molar-refractivity contribution is 0.402. The van der Waals surface area contributed by atoms with E-state index in [0.29, 0.717) is 0 Å². The first kappa shape index (κ1) is 15.3. The molecule has 0 aliphatic carbocycles. The summed E-state index contributed by atoms with van der Waals surface area (Å²) >= 11 is 0. The van der Waals surface area contributed by atoms with Crippen LogP contribution in [-0.4, -0.2) is 33.1 Å². The van der Waals surface area contributed by atoms with Crippen LogP contribution in [0.2, 0.25) is 0 Å². The van der Waals surface area contributed by atoms with Crippen molar-refractivity contribution in [1.82, 2.24) is 4.90 Å². The molecule has 0 saturated heterocycles. The number of hydrogen-bond acceptors (Lipinski definition) is 2. The molecule has 2 nitrogen and oxygen atoms in total. The number of anilines is 1. The summed E-state index contributed by atoms with van der Waals surface area (Å²) in [6.07, 6.45) is 0. The molecular formula is C17H24N2. The fraction of sp³-hybridized carbons (Fsp3) is 0.294. The molecule has 0 bridgehead atoms. The van der Waals surface area contributed by atoms with Gasteiger partial charge < -0.3 is 9.80 Å². The van der Waals surface area contributed by atoms with E-state index in [1.165, 1.54) is 11.3 Å². The first-order valence-corrected chi connectivity index (χ1v) is 6.50. The zero-order valence-corrected chi connectivity index (χ0v) is 12.4. The molecule has 2 aromatic carbocycles. The zero-order chi connectivity index (χ0) is 14.1. The summed E-state index contributed by atoms with van der Waals surface area (Å²) in [6, 6.07) is 20.7. The summed E-state index contributed by atoms with van der Waals surface area (Å²) in [4.78, 5) is 4.25. The van der Waals surface area contributed by atoms with Gasteiger partial charge in [-0.1, -0.05) is 48.5 Å². The molecule has 0 spiro atoms. The van der Waals surface area contributed by atoms with Gasteiger partial charge in [-0.3, -0.25) is 0 Å².